The highest BCUT2D eigenvalue weighted by molar-refractivity contribution is 5.02. The van der Waals surface area contributed by atoms with Crippen LogP contribution in [0.3, 0.4) is 0 Å². The Kier molecular flexibility index (Phi) is 2.12. The van der Waals surface area contributed by atoms with E-state index in [2.05, 4.69) is 6.92 Å². The van der Waals surface area contributed by atoms with Gasteiger partial charge in [-0.25, -0.2) is 0 Å². The monoisotopic (exact) mass is 127 g/mol. The molecule has 1 radical (unpaired) electrons. The summed E-state index contributed by atoms with van der Waals surface area (Å²) in [6.45, 7) is 2.15. The van der Waals surface area contributed by atoms with Gasteiger partial charge in [0.15, 0.2) is 0 Å². The van der Waals surface area contributed by atoms with Crippen LogP contribution in [0.2, 0.25) is 0 Å². The molecule has 1 heteroatoms. The van der Waals surface area contributed by atoms with Crippen molar-refractivity contribution in [3.63, 3.8) is 0 Å². The minimum atomic E-state index is -0.351. The number of hydrogen-bond acceptors (Lipinski definition) is 1. The van der Waals surface area contributed by atoms with Gasteiger partial charge in [-0.05, 0) is 25.7 Å². The van der Waals surface area contributed by atoms with Gasteiger partial charge in [0.1, 0.15) is 0 Å². The summed E-state index contributed by atoms with van der Waals surface area (Å²) in [5, 5.41) is 9.49. The predicted octanol–water partition coefficient (Wildman–Crippen LogP) is 1.91. The Morgan fingerprint density at radius 3 is 2.67 bits per heavy atom. The second kappa shape index (κ2) is 2.70. The van der Waals surface area contributed by atoms with Crippen LogP contribution in [-0.2, 0) is 0 Å². The minimum absolute atomic E-state index is 0.351. The van der Waals surface area contributed by atoms with Gasteiger partial charge in [0, 0.05) is 0 Å². The van der Waals surface area contributed by atoms with Crippen LogP contribution in [0.15, 0.2) is 0 Å². The molecule has 0 amide bonds. The number of rotatable bonds is 3. The van der Waals surface area contributed by atoms with E-state index in [1.54, 1.807) is 0 Å². The van der Waals surface area contributed by atoms with Crippen LogP contribution >= 0.6 is 0 Å². The Labute approximate surface area is 57.1 Å². The second-order valence-electron chi connectivity index (χ2n) is 2.95. The number of hydrogen-bond donors (Lipinski definition) is 1. The van der Waals surface area contributed by atoms with Gasteiger partial charge in [0.25, 0.3) is 0 Å². The van der Waals surface area contributed by atoms with E-state index in [9.17, 15) is 5.11 Å². The molecule has 0 heterocycles. The van der Waals surface area contributed by atoms with Crippen LogP contribution in [-0.4, -0.2) is 10.7 Å². The molecule has 0 aromatic rings. The van der Waals surface area contributed by atoms with Crippen molar-refractivity contribution >= 4 is 0 Å². The van der Waals surface area contributed by atoms with Gasteiger partial charge in [-0.1, -0.05) is 19.8 Å². The smallest absolute Gasteiger partial charge is 0.0679 e. The summed E-state index contributed by atoms with van der Waals surface area (Å²) in [6.07, 6.45) is 7.46. The average Bonchev–Trinajstić information content (AvgIpc) is 1.79. The van der Waals surface area contributed by atoms with Gasteiger partial charge < -0.3 is 5.11 Å². The SMILES string of the molecule is CCCCC1(O)[CH]CC1. The molecular formula is C8H15O. The molecule has 0 aromatic heterocycles. The summed E-state index contributed by atoms with van der Waals surface area (Å²) >= 11 is 0. The standard InChI is InChI=1S/C8H15O/c1-2-3-5-8(9)6-4-7-8/h6,9H,2-5,7H2,1H3. The van der Waals surface area contributed by atoms with Crippen molar-refractivity contribution in [2.75, 3.05) is 0 Å². The third kappa shape index (κ3) is 1.68. The van der Waals surface area contributed by atoms with E-state index in [0.717, 1.165) is 25.7 Å². The van der Waals surface area contributed by atoms with Crippen LogP contribution < -0.4 is 0 Å². The highest BCUT2D eigenvalue weighted by Gasteiger charge is 2.33. The number of unbranched alkanes of at least 4 members (excludes halogenated alkanes) is 1. The molecule has 1 unspecified atom stereocenters. The van der Waals surface area contributed by atoms with Gasteiger partial charge in [0.05, 0.1) is 5.60 Å². The second-order valence-corrected chi connectivity index (χ2v) is 2.95. The lowest BCUT2D eigenvalue weighted by molar-refractivity contribution is 0.0106. The first-order chi connectivity index (χ1) is 4.27. The fourth-order valence-electron chi connectivity index (χ4n) is 1.19. The maximum absolute atomic E-state index is 9.49. The van der Waals surface area contributed by atoms with E-state index in [-0.39, 0.29) is 5.60 Å². The molecule has 1 atom stereocenters. The maximum atomic E-state index is 9.49. The van der Waals surface area contributed by atoms with Crippen molar-refractivity contribution in [3.8, 4) is 0 Å². The van der Waals surface area contributed by atoms with Crippen molar-refractivity contribution < 1.29 is 5.11 Å². The average molecular weight is 127 g/mol. The topological polar surface area (TPSA) is 20.2 Å². The Hall–Kier alpha value is -0.0400. The Balaban J connectivity index is 2.09. The lowest BCUT2D eigenvalue weighted by Gasteiger charge is -2.36. The highest BCUT2D eigenvalue weighted by Crippen LogP contribution is 2.34. The summed E-state index contributed by atoms with van der Waals surface area (Å²) in [6, 6.07) is 0. The maximum Gasteiger partial charge on any atom is 0.0679 e. The lowest BCUT2D eigenvalue weighted by atomic mass is 9.77. The van der Waals surface area contributed by atoms with E-state index in [1.807, 2.05) is 6.42 Å². The van der Waals surface area contributed by atoms with Crippen molar-refractivity contribution in [1.82, 2.24) is 0 Å². The van der Waals surface area contributed by atoms with E-state index in [4.69, 9.17) is 0 Å². The van der Waals surface area contributed by atoms with Crippen molar-refractivity contribution in [2.24, 2.45) is 0 Å². The minimum Gasteiger partial charge on any atom is -0.390 e. The molecule has 0 aromatic carbocycles. The Morgan fingerprint density at radius 1 is 1.67 bits per heavy atom. The summed E-state index contributed by atoms with van der Waals surface area (Å²) in [4.78, 5) is 0. The predicted molar refractivity (Wildman–Crippen MR) is 38.0 cm³/mol. The molecule has 0 spiro atoms. The zero-order valence-electron chi connectivity index (χ0n) is 6.06. The van der Waals surface area contributed by atoms with Gasteiger partial charge in [-0.2, -0.15) is 0 Å². The van der Waals surface area contributed by atoms with Gasteiger partial charge in [-0.3, -0.25) is 0 Å². The van der Waals surface area contributed by atoms with Crippen molar-refractivity contribution in [3.05, 3.63) is 6.42 Å². The van der Waals surface area contributed by atoms with Crippen molar-refractivity contribution in [1.29, 1.82) is 0 Å². The van der Waals surface area contributed by atoms with Crippen LogP contribution in [0.1, 0.15) is 39.0 Å². The molecule has 0 saturated heterocycles. The van der Waals surface area contributed by atoms with Crippen LogP contribution in [0.4, 0.5) is 0 Å². The molecule has 1 N–H and O–H groups in total. The molecule has 1 rings (SSSR count). The van der Waals surface area contributed by atoms with Gasteiger partial charge >= 0.3 is 0 Å². The van der Waals surface area contributed by atoms with Gasteiger partial charge in [0.2, 0.25) is 0 Å². The zero-order valence-corrected chi connectivity index (χ0v) is 6.06. The third-order valence-corrected chi connectivity index (χ3v) is 2.06. The van der Waals surface area contributed by atoms with E-state index >= 15 is 0 Å². The zero-order chi connectivity index (χ0) is 6.74. The quantitative estimate of drug-likeness (QED) is 0.614. The summed E-state index contributed by atoms with van der Waals surface area (Å²) in [5.41, 5.74) is -0.351. The molecule has 0 aliphatic heterocycles. The van der Waals surface area contributed by atoms with E-state index < -0.39 is 0 Å². The lowest BCUT2D eigenvalue weighted by Crippen LogP contribution is -2.37. The fourth-order valence-corrected chi connectivity index (χ4v) is 1.19. The highest BCUT2D eigenvalue weighted by atomic mass is 16.3. The first kappa shape index (κ1) is 7.07. The molecule has 1 saturated carbocycles. The first-order valence-corrected chi connectivity index (χ1v) is 3.83. The molecule has 1 fully saturated rings. The fraction of sp³-hybridized carbons (Fsp3) is 0.875. The molecule has 0 bridgehead atoms. The third-order valence-electron chi connectivity index (χ3n) is 2.06. The Morgan fingerprint density at radius 2 is 2.33 bits per heavy atom. The van der Waals surface area contributed by atoms with Gasteiger partial charge in [-0.15, -0.1) is 0 Å². The molecular weight excluding hydrogens is 112 g/mol. The summed E-state index contributed by atoms with van der Waals surface area (Å²) < 4.78 is 0. The first-order valence-electron chi connectivity index (χ1n) is 3.83. The van der Waals surface area contributed by atoms with Crippen molar-refractivity contribution in [2.45, 2.75) is 44.6 Å². The molecule has 1 aliphatic rings. The molecule has 53 valence electrons. The summed E-state index contributed by atoms with van der Waals surface area (Å²) in [7, 11) is 0. The van der Waals surface area contributed by atoms with E-state index in [0.29, 0.717) is 0 Å². The van der Waals surface area contributed by atoms with Crippen LogP contribution in [0.5, 0.6) is 0 Å². The van der Waals surface area contributed by atoms with Crippen LogP contribution in [0.25, 0.3) is 0 Å². The van der Waals surface area contributed by atoms with E-state index in [1.165, 1.54) is 6.42 Å². The summed E-state index contributed by atoms with van der Waals surface area (Å²) in [5.74, 6) is 0. The largest absolute Gasteiger partial charge is 0.390 e. The molecule has 9 heavy (non-hydrogen) atoms. The molecule has 1 aliphatic carbocycles. The molecule has 1 nitrogen and oxygen atoms in total. The normalized spacial score (nSPS) is 23.3. The number of aliphatic hydroxyl groups is 1. The Bertz CT molecular complexity index is 84.6. The van der Waals surface area contributed by atoms with Crippen LogP contribution in [0, 0.1) is 6.42 Å².